The van der Waals surface area contributed by atoms with Gasteiger partial charge in [0.25, 0.3) is 0 Å². The van der Waals surface area contributed by atoms with Crippen molar-refractivity contribution in [3.63, 3.8) is 0 Å². The lowest BCUT2D eigenvalue weighted by Crippen LogP contribution is -2.50. The molecule has 3 aliphatic heterocycles. The summed E-state index contributed by atoms with van der Waals surface area (Å²) in [6, 6.07) is 10.8. The van der Waals surface area contributed by atoms with E-state index in [2.05, 4.69) is 34.5 Å². The molecular weight excluding hydrogens is 308 g/mol. The van der Waals surface area contributed by atoms with Crippen LogP contribution in [0.5, 0.6) is 0 Å². The van der Waals surface area contributed by atoms with Gasteiger partial charge in [0.05, 0.1) is 0 Å². The molecule has 24 heavy (non-hydrogen) atoms. The van der Waals surface area contributed by atoms with Crippen LogP contribution in [0, 0.1) is 0 Å². The summed E-state index contributed by atoms with van der Waals surface area (Å²) < 4.78 is 17.4. The maximum absolute atomic E-state index is 10.5. The van der Waals surface area contributed by atoms with Crippen molar-refractivity contribution in [1.29, 1.82) is 0 Å². The van der Waals surface area contributed by atoms with Crippen LogP contribution in [0.2, 0.25) is 0 Å². The van der Waals surface area contributed by atoms with Crippen molar-refractivity contribution in [2.24, 2.45) is 0 Å². The lowest BCUT2D eigenvalue weighted by Gasteiger charge is -2.36. The van der Waals surface area contributed by atoms with Crippen LogP contribution in [0.4, 0.5) is 0 Å². The van der Waals surface area contributed by atoms with E-state index in [1.165, 1.54) is 5.56 Å². The fraction of sp³-hybridized carbons (Fsp3) is 0.667. The lowest BCUT2D eigenvalue weighted by molar-refractivity contribution is -0.216. The van der Waals surface area contributed by atoms with Crippen LogP contribution < -0.4 is 5.32 Å². The molecule has 0 radical (unpaired) electrons. The van der Waals surface area contributed by atoms with E-state index < -0.39 is 24.3 Å². The first kappa shape index (κ1) is 16.4. The van der Waals surface area contributed by atoms with Crippen molar-refractivity contribution in [3.8, 4) is 0 Å². The number of aliphatic hydroxyl groups is 1. The van der Waals surface area contributed by atoms with Crippen LogP contribution in [0.3, 0.4) is 0 Å². The first-order chi connectivity index (χ1) is 11.5. The minimum Gasteiger partial charge on any atom is -0.387 e. The van der Waals surface area contributed by atoms with Crippen LogP contribution in [0.15, 0.2) is 30.3 Å². The molecule has 6 heteroatoms. The summed E-state index contributed by atoms with van der Waals surface area (Å²) in [7, 11) is 0. The zero-order chi connectivity index (χ0) is 16.7. The molecule has 0 aliphatic carbocycles. The van der Waals surface area contributed by atoms with E-state index in [9.17, 15) is 5.11 Å². The molecule has 3 heterocycles. The Bertz CT molecular complexity index is 567. The second kappa shape index (κ2) is 6.37. The van der Waals surface area contributed by atoms with Gasteiger partial charge in [-0.25, -0.2) is 0 Å². The Kier molecular flexibility index (Phi) is 4.36. The van der Waals surface area contributed by atoms with Crippen molar-refractivity contribution in [1.82, 2.24) is 10.2 Å². The summed E-state index contributed by atoms with van der Waals surface area (Å²) in [5, 5.41) is 14.1. The maximum atomic E-state index is 10.5. The highest BCUT2D eigenvalue weighted by atomic mass is 16.8. The predicted octanol–water partition coefficient (Wildman–Crippen LogP) is 0.870. The largest absolute Gasteiger partial charge is 0.387 e. The molecule has 3 saturated heterocycles. The average Bonchev–Trinajstić information content (AvgIpc) is 3.02. The van der Waals surface area contributed by atoms with Crippen LogP contribution >= 0.6 is 0 Å². The minimum atomic E-state index is -0.686. The summed E-state index contributed by atoms with van der Waals surface area (Å²) >= 11 is 0. The van der Waals surface area contributed by atoms with E-state index in [4.69, 9.17) is 14.2 Å². The van der Waals surface area contributed by atoms with Crippen molar-refractivity contribution in [3.05, 3.63) is 35.9 Å². The number of piperazine rings is 1. The Hall–Kier alpha value is -1.02. The number of ether oxygens (including phenoxy) is 3. The number of nitrogens with zero attached hydrogens (tertiary/aromatic N) is 1. The fourth-order valence-corrected chi connectivity index (χ4v) is 3.85. The van der Waals surface area contributed by atoms with E-state index in [1.54, 1.807) is 0 Å². The quantitative estimate of drug-likeness (QED) is 0.855. The summed E-state index contributed by atoms with van der Waals surface area (Å²) in [6.07, 6.45) is -1.78. The Morgan fingerprint density at radius 3 is 2.79 bits per heavy atom. The molecule has 132 valence electrons. The Morgan fingerprint density at radius 2 is 2.04 bits per heavy atom. The zero-order valence-corrected chi connectivity index (χ0v) is 14.2. The molecule has 0 spiro atoms. The number of hydrogen-bond acceptors (Lipinski definition) is 6. The van der Waals surface area contributed by atoms with E-state index in [0.717, 1.165) is 19.6 Å². The average molecular weight is 334 g/mol. The standard InChI is InChI=1S/C18H26N2O4/c1-18(2)23-16-15(21)14(22-17(16)24-18)11-20-9-8-19-13(10-20)12-6-4-3-5-7-12/h3-7,13-17,19,21H,8-11H2,1-2H3/t13?,14-,15-,16+,17-/m1/s1. The van der Waals surface area contributed by atoms with E-state index >= 15 is 0 Å². The van der Waals surface area contributed by atoms with Gasteiger partial charge in [-0.05, 0) is 19.4 Å². The summed E-state index contributed by atoms with van der Waals surface area (Å²) in [5.74, 6) is -0.686. The molecule has 1 aromatic rings. The first-order valence-electron chi connectivity index (χ1n) is 8.72. The van der Waals surface area contributed by atoms with Crippen molar-refractivity contribution in [2.75, 3.05) is 26.2 Å². The molecule has 2 N–H and O–H groups in total. The van der Waals surface area contributed by atoms with Gasteiger partial charge in [-0.3, -0.25) is 4.90 Å². The van der Waals surface area contributed by atoms with Crippen molar-refractivity contribution < 1.29 is 19.3 Å². The molecule has 0 aromatic heterocycles. The highest BCUT2D eigenvalue weighted by Gasteiger charge is 2.54. The summed E-state index contributed by atoms with van der Waals surface area (Å²) in [4.78, 5) is 2.34. The minimum absolute atomic E-state index is 0.273. The van der Waals surface area contributed by atoms with Gasteiger partial charge in [-0.2, -0.15) is 0 Å². The first-order valence-corrected chi connectivity index (χ1v) is 8.72. The molecule has 5 atom stereocenters. The molecular formula is C18H26N2O4. The van der Waals surface area contributed by atoms with Crippen LogP contribution in [-0.4, -0.2) is 66.6 Å². The van der Waals surface area contributed by atoms with Crippen molar-refractivity contribution in [2.45, 2.75) is 50.3 Å². The number of benzene rings is 1. The smallest absolute Gasteiger partial charge is 0.190 e. The molecule has 6 nitrogen and oxygen atoms in total. The Balaban J connectivity index is 1.36. The van der Waals surface area contributed by atoms with Crippen LogP contribution in [0.25, 0.3) is 0 Å². The molecule has 3 aliphatic rings. The summed E-state index contributed by atoms with van der Waals surface area (Å²) in [5.41, 5.74) is 1.29. The monoisotopic (exact) mass is 334 g/mol. The van der Waals surface area contributed by atoms with E-state index in [0.29, 0.717) is 12.6 Å². The lowest BCUT2D eigenvalue weighted by atomic mass is 10.0. The third-order valence-electron chi connectivity index (χ3n) is 5.01. The number of nitrogens with one attached hydrogen (secondary N) is 1. The van der Waals surface area contributed by atoms with Gasteiger partial charge < -0.3 is 24.6 Å². The number of fused-ring (bicyclic) bond motifs is 1. The van der Waals surface area contributed by atoms with Crippen LogP contribution in [0.1, 0.15) is 25.5 Å². The van der Waals surface area contributed by atoms with Gasteiger partial charge in [0.2, 0.25) is 0 Å². The van der Waals surface area contributed by atoms with Gasteiger partial charge in [-0.1, -0.05) is 30.3 Å². The second-order valence-electron chi connectivity index (χ2n) is 7.31. The van der Waals surface area contributed by atoms with Gasteiger partial charge in [0, 0.05) is 32.2 Å². The number of aliphatic hydroxyl groups excluding tert-OH is 1. The second-order valence-corrected chi connectivity index (χ2v) is 7.31. The predicted molar refractivity (Wildman–Crippen MR) is 88.3 cm³/mol. The fourth-order valence-electron chi connectivity index (χ4n) is 3.85. The van der Waals surface area contributed by atoms with Gasteiger partial charge in [-0.15, -0.1) is 0 Å². The molecule has 0 amide bonds. The zero-order valence-electron chi connectivity index (χ0n) is 14.2. The number of rotatable bonds is 3. The van der Waals surface area contributed by atoms with Crippen LogP contribution in [-0.2, 0) is 14.2 Å². The van der Waals surface area contributed by atoms with Gasteiger partial charge in [0.15, 0.2) is 12.1 Å². The Morgan fingerprint density at radius 1 is 1.25 bits per heavy atom. The molecule has 1 aromatic carbocycles. The normalized spacial score (nSPS) is 39.0. The highest BCUT2D eigenvalue weighted by Crippen LogP contribution is 2.37. The van der Waals surface area contributed by atoms with Crippen molar-refractivity contribution >= 4 is 0 Å². The Labute approximate surface area is 142 Å². The molecule has 0 saturated carbocycles. The SMILES string of the molecule is CC1(C)O[C@H]2O[C@H](CN3CCNC(c4ccccc4)C3)[C@@H](O)[C@@H]2O1. The maximum Gasteiger partial charge on any atom is 0.190 e. The van der Waals surface area contributed by atoms with Gasteiger partial charge >= 0.3 is 0 Å². The van der Waals surface area contributed by atoms with E-state index in [1.807, 2.05) is 19.9 Å². The molecule has 0 bridgehead atoms. The third kappa shape index (κ3) is 3.22. The summed E-state index contributed by atoms with van der Waals surface area (Å²) in [6.45, 7) is 7.15. The molecule has 3 fully saturated rings. The molecule has 1 unspecified atom stereocenters. The third-order valence-corrected chi connectivity index (χ3v) is 5.01. The molecule has 4 rings (SSSR count). The highest BCUT2D eigenvalue weighted by molar-refractivity contribution is 5.19. The van der Waals surface area contributed by atoms with Gasteiger partial charge in [0.1, 0.15) is 18.3 Å². The topological polar surface area (TPSA) is 63.2 Å². The number of hydrogen-bond donors (Lipinski definition) is 2. The van der Waals surface area contributed by atoms with E-state index in [-0.39, 0.29) is 6.10 Å².